The van der Waals surface area contributed by atoms with E-state index in [0.29, 0.717) is 12.2 Å². The van der Waals surface area contributed by atoms with Crippen LogP contribution in [0, 0.1) is 12.3 Å². The second-order valence-electron chi connectivity index (χ2n) is 6.15. The van der Waals surface area contributed by atoms with Gasteiger partial charge in [0.1, 0.15) is 22.2 Å². The molecule has 27 heavy (non-hydrogen) atoms. The van der Waals surface area contributed by atoms with Crippen LogP contribution < -0.4 is 14.7 Å². The Balaban J connectivity index is 2.26. The van der Waals surface area contributed by atoms with E-state index in [4.69, 9.17) is 31.7 Å². The van der Waals surface area contributed by atoms with Gasteiger partial charge < -0.3 is 14.7 Å². The molecule has 2 rings (SSSR count). The SMILES string of the molecule is CCCC[C@H](Oc1cc(C)cc(OS(=O)(=O)c2ccccc2Cl)c1)C(=N)N. The van der Waals surface area contributed by atoms with Crippen LogP contribution in [0.3, 0.4) is 0 Å². The molecule has 0 fully saturated rings. The first-order chi connectivity index (χ1) is 12.7. The van der Waals surface area contributed by atoms with Gasteiger partial charge in [-0.1, -0.05) is 37.1 Å². The number of benzene rings is 2. The van der Waals surface area contributed by atoms with Crippen molar-refractivity contribution in [2.24, 2.45) is 5.73 Å². The quantitative estimate of drug-likeness (QED) is 0.364. The molecule has 1 atom stereocenters. The number of nitrogens with two attached hydrogens (primary N) is 1. The first-order valence-electron chi connectivity index (χ1n) is 8.54. The summed E-state index contributed by atoms with van der Waals surface area (Å²) in [6.07, 6.45) is 1.85. The van der Waals surface area contributed by atoms with Gasteiger partial charge in [-0.3, -0.25) is 5.41 Å². The minimum atomic E-state index is -4.09. The zero-order valence-corrected chi connectivity index (χ0v) is 16.8. The van der Waals surface area contributed by atoms with E-state index in [0.717, 1.165) is 18.4 Å². The average molecular weight is 411 g/mol. The first kappa shape index (κ1) is 21.1. The van der Waals surface area contributed by atoms with E-state index in [1.165, 1.54) is 18.2 Å². The van der Waals surface area contributed by atoms with Crippen LogP contribution in [0.25, 0.3) is 0 Å². The largest absolute Gasteiger partial charge is 0.482 e. The normalized spacial score (nSPS) is 12.4. The number of ether oxygens (including phenoxy) is 1. The maximum atomic E-state index is 12.5. The van der Waals surface area contributed by atoms with Gasteiger partial charge in [-0.05, 0) is 49.6 Å². The zero-order valence-electron chi connectivity index (χ0n) is 15.2. The van der Waals surface area contributed by atoms with Gasteiger partial charge in [0.25, 0.3) is 0 Å². The summed E-state index contributed by atoms with van der Waals surface area (Å²) in [5.74, 6) is 0.412. The van der Waals surface area contributed by atoms with E-state index in [2.05, 4.69) is 0 Å². The number of hydrogen-bond donors (Lipinski definition) is 2. The van der Waals surface area contributed by atoms with Gasteiger partial charge in [0.2, 0.25) is 0 Å². The van der Waals surface area contributed by atoms with Crippen molar-refractivity contribution in [2.75, 3.05) is 0 Å². The summed E-state index contributed by atoms with van der Waals surface area (Å²) in [4.78, 5) is -0.111. The maximum absolute atomic E-state index is 12.5. The van der Waals surface area contributed by atoms with Gasteiger partial charge in [-0.25, -0.2) is 0 Å². The predicted octanol–water partition coefficient (Wildman–Crippen LogP) is 4.29. The van der Waals surface area contributed by atoms with E-state index in [-0.39, 0.29) is 21.5 Å². The third kappa shape index (κ3) is 5.87. The molecule has 0 unspecified atom stereocenters. The van der Waals surface area contributed by atoms with Crippen LogP contribution in [-0.4, -0.2) is 20.4 Å². The molecule has 0 saturated heterocycles. The molecule has 0 heterocycles. The minimum Gasteiger partial charge on any atom is -0.482 e. The van der Waals surface area contributed by atoms with E-state index >= 15 is 0 Å². The van der Waals surface area contributed by atoms with Gasteiger partial charge in [-0.2, -0.15) is 8.42 Å². The van der Waals surface area contributed by atoms with Crippen molar-refractivity contribution in [3.8, 4) is 11.5 Å². The first-order valence-corrected chi connectivity index (χ1v) is 10.3. The monoisotopic (exact) mass is 410 g/mol. The molecule has 0 saturated carbocycles. The van der Waals surface area contributed by atoms with Crippen molar-refractivity contribution in [3.05, 3.63) is 53.1 Å². The summed E-state index contributed by atoms with van der Waals surface area (Å²) in [5, 5.41) is 7.76. The molecule has 0 aliphatic carbocycles. The molecule has 0 aromatic heterocycles. The van der Waals surface area contributed by atoms with Crippen LogP contribution >= 0.6 is 11.6 Å². The lowest BCUT2D eigenvalue weighted by molar-refractivity contribution is 0.249. The molecule has 3 N–H and O–H groups in total. The Bertz CT molecular complexity index is 916. The van der Waals surface area contributed by atoms with Crippen molar-refractivity contribution in [3.63, 3.8) is 0 Å². The molecule has 8 heteroatoms. The van der Waals surface area contributed by atoms with E-state index in [9.17, 15) is 8.42 Å². The van der Waals surface area contributed by atoms with Gasteiger partial charge in [0.05, 0.1) is 5.02 Å². The molecule has 2 aromatic carbocycles. The molecular weight excluding hydrogens is 388 g/mol. The molecule has 0 spiro atoms. The molecule has 6 nitrogen and oxygen atoms in total. The maximum Gasteiger partial charge on any atom is 0.340 e. The molecular formula is C19H23ClN2O4S. The summed E-state index contributed by atoms with van der Waals surface area (Å²) in [6, 6.07) is 10.8. The zero-order chi connectivity index (χ0) is 20.0. The van der Waals surface area contributed by atoms with E-state index < -0.39 is 16.2 Å². The van der Waals surface area contributed by atoms with Crippen LogP contribution in [-0.2, 0) is 10.1 Å². The smallest absolute Gasteiger partial charge is 0.340 e. The lowest BCUT2D eigenvalue weighted by Crippen LogP contribution is -2.33. The van der Waals surface area contributed by atoms with Crippen LogP contribution in [0.4, 0.5) is 0 Å². The second kappa shape index (κ2) is 9.10. The Kier molecular flexibility index (Phi) is 7.10. The van der Waals surface area contributed by atoms with Crippen LogP contribution in [0.2, 0.25) is 5.02 Å². The molecule has 2 aromatic rings. The van der Waals surface area contributed by atoms with E-state index in [1.807, 2.05) is 6.92 Å². The fraction of sp³-hybridized carbons (Fsp3) is 0.316. The lowest BCUT2D eigenvalue weighted by Gasteiger charge is -2.18. The summed E-state index contributed by atoms with van der Waals surface area (Å²) in [6.45, 7) is 3.83. The Hall–Kier alpha value is -2.25. The highest BCUT2D eigenvalue weighted by Gasteiger charge is 2.21. The van der Waals surface area contributed by atoms with Crippen molar-refractivity contribution in [1.29, 1.82) is 5.41 Å². The van der Waals surface area contributed by atoms with Gasteiger partial charge >= 0.3 is 10.1 Å². The fourth-order valence-corrected chi connectivity index (χ4v) is 3.89. The second-order valence-corrected chi connectivity index (χ2v) is 8.08. The van der Waals surface area contributed by atoms with Gasteiger partial charge in [-0.15, -0.1) is 0 Å². The van der Waals surface area contributed by atoms with Crippen molar-refractivity contribution < 1.29 is 17.3 Å². The average Bonchev–Trinajstić information content (AvgIpc) is 2.57. The van der Waals surface area contributed by atoms with Gasteiger partial charge in [0, 0.05) is 6.07 Å². The van der Waals surface area contributed by atoms with Crippen LogP contribution in [0.15, 0.2) is 47.4 Å². The number of aryl methyl sites for hydroxylation is 1. The van der Waals surface area contributed by atoms with Crippen LogP contribution in [0.1, 0.15) is 31.7 Å². The Morgan fingerprint density at radius 3 is 2.52 bits per heavy atom. The molecule has 0 bridgehead atoms. The number of rotatable bonds is 9. The van der Waals surface area contributed by atoms with Crippen molar-refractivity contribution in [2.45, 2.75) is 44.1 Å². The number of amidine groups is 1. The summed E-state index contributed by atoms with van der Waals surface area (Å²) in [5.41, 5.74) is 6.36. The number of unbranched alkanes of at least 4 members (excludes halogenated alkanes) is 1. The topological polar surface area (TPSA) is 102 Å². The third-order valence-corrected chi connectivity index (χ3v) is 5.53. The number of halogens is 1. The highest BCUT2D eigenvalue weighted by atomic mass is 35.5. The predicted molar refractivity (Wildman–Crippen MR) is 106 cm³/mol. The molecule has 0 aliphatic heterocycles. The van der Waals surface area contributed by atoms with Crippen LogP contribution in [0.5, 0.6) is 11.5 Å². The number of nitrogens with one attached hydrogen (secondary N) is 1. The third-order valence-electron chi connectivity index (χ3n) is 3.78. The standard InChI is InChI=1S/C19H23ClN2O4S/c1-3-4-8-17(19(21)22)25-14-10-13(2)11-15(12-14)26-27(23,24)18-9-6-5-7-16(18)20/h5-7,9-12,17H,3-4,8H2,1-2H3,(H3,21,22)/t17-/m0/s1. The Morgan fingerprint density at radius 2 is 1.89 bits per heavy atom. The summed E-state index contributed by atoms with van der Waals surface area (Å²) in [7, 11) is -4.09. The summed E-state index contributed by atoms with van der Waals surface area (Å²) < 4.78 is 36.1. The number of hydrogen-bond acceptors (Lipinski definition) is 5. The molecule has 146 valence electrons. The molecule has 0 aliphatic rings. The highest BCUT2D eigenvalue weighted by Crippen LogP contribution is 2.29. The fourth-order valence-electron chi connectivity index (χ4n) is 2.48. The van der Waals surface area contributed by atoms with Crippen molar-refractivity contribution >= 4 is 27.6 Å². The van der Waals surface area contributed by atoms with Crippen molar-refractivity contribution in [1.82, 2.24) is 0 Å². The molecule has 0 amide bonds. The molecule has 0 radical (unpaired) electrons. The Morgan fingerprint density at radius 1 is 1.22 bits per heavy atom. The highest BCUT2D eigenvalue weighted by molar-refractivity contribution is 7.87. The lowest BCUT2D eigenvalue weighted by atomic mass is 10.1. The van der Waals surface area contributed by atoms with Gasteiger partial charge in [0.15, 0.2) is 6.10 Å². The summed E-state index contributed by atoms with van der Waals surface area (Å²) >= 11 is 5.97. The Labute approximate surface area is 164 Å². The minimum absolute atomic E-state index is 0.0730. The van der Waals surface area contributed by atoms with E-state index in [1.54, 1.807) is 31.2 Å².